The Morgan fingerprint density at radius 1 is 0.696 bits per heavy atom. The fourth-order valence-corrected chi connectivity index (χ4v) is 1.47. The second-order valence-corrected chi connectivity index (χ2v) is 4.38. The van der Waals surface area contributed by atoms with E-state index in [1.54, 1.807) is 0 Å². The number of benzene rings is 2. The standard InChI is InChI=1S/C9H10O.C8H8O.2C2H6/c1-8-2-4-9(5-3-8)6-7-10;1-7-2-4-8(6-9)5-3-7;2*1-2/h2-5,7H,6H2,1H3;2-6H,1H3;2*1-2H3. The summed E-state index contributed by atoms with van der Waals surface area (Å²) in [5.41, 5.74) is 4.23. The molecule has 0 aliphatic carbocycles. The molecule has 0 aliphatic rings. The molecule has 126 valence electrons. The summed E-state index contributed by atoms with van der Waals surface area (Å²) in [5.74, 6) is 0. The van der Waals surface area contributed by atoms with E-state index < -0.39 is 0 Å². The highest BCUT2D eigenvalue weighted by Crippen LogP contribution is 2.02. The Labute approximate surface area is 141 Å². The van der Waals surface area contributed by atoms with Crippen LogP contribution in [-0.2, 0) is 11.2 Å². The van der Waals surface area contributed by atoms with Crippen molar-refractivity contribution in [3.63, 3.8) is 0 Å². The molecule has 0 aromatic heterocycles. The zero-order valence-electron chi connectivity index (χ0n) is 15.3. The minimum Gasteiger partial charge on any atom is -0.303 e. The van der Waals surface area contributed by atoms with E-state index in [1.807, 2.05) is 90.1 Å². The third kappa shape index (κ3) is 12.0. The van der Waals surface area contributed by atoms with Crippen molar-refractivity contribution >= 4 is 12.6 Å². The zero-order chi connectivity index (χ0) is 18.1. The van der Waals surface area contributed by atoms with Gasteiger partial charge in [-0.1, -0.05) is 87.4 Å². The summed E-state index contributed by atoms with van der Waals surface area (Å²) in [7, 11) is 0. The lowest BCUT2D eigenvalue weighted by molar-refractivity contribution is -0.107. The third-order valence-electron chi connectivity index (χ3n) is 2.65. The number of rotatable bonds is 3. The van der Waals surface area contributed by atoms with Gasteiger partial charge in [-0.2, -0.15) is 0 Å². The largest absolute Gasteiger partial charge is 0.303 e. The first-order valence-corrected chi connectivity index (χ1v) is 8.16. The molecule has 0 saturated carbocycles. The molecule has 0 fully saturated rings. The van der Waals surface area contributed by atoms with Crippen LogP contribution in [0.3, 0.4) is 0 Å². The van der Waals surface area contributed by atoms with Crippen LogP contribution < -0.4 is 0 Å². The summed E-state index contributed by atoms with van der Waals surface area (Å²) in [6.07, 6.45) is 2.30. The van der Waals surface area contributed by atoms with Crippen LogP contribution in [0.5, 0.6) is 0 Å². The zero-order valence-corrected chi connectivity index (χ0v) is 15.3. The monoisotopic (exact) mass is 314 g/mol. The predicted octanol–water partition coefficient (Wildman–Crippen LogP) is 5.60. The van der Waals surface area contributed by atoms with Crippen LogP contribution in [0.2, 0.25) is 0 Å². The van der Waals surface area contributed by atoms with Crippen molar-refractivity contribution in [2.45, 2.75) is 48.0 Å². The number of aldehydes is 2. The van der Waals surface area contributed by atoms with Gasteiger partial charge in [0, 0.05) is 12.0 Å². The van der Waals surface area contributed by atoms with E-state index in [2.05, 4.69) is 0 Å². The van der Waals surface area contributed by atoms with Crippen molar-refractivity contribution in [2.24, 2.45) is 0 Å². The van der Waals surface area contributed by atoms with E-state index in [9.17, 15) is 9.59 Å². The van der Waals surface area contributed by atoms with Crippen molar-refractivity contribution < 1.29 is 9.59 Å². The summed E-state index contributed by atoms with van der Waals surface area (Å²) >= 11 is 0. The van der Waals surface area contributed by atoms with Crippen LogP contribution in [0.25, 0.3) is 0 Å². The molecule has 0 bridgehead atoms. The van der Waals surface area contributed by atoms with Crippen LogP contribution in [0.15, 0.2) is 48.5 Å². The van der Waals surface area contributed by atoms with E-state index in [0.29, 0.717) is 6.42 Å². The summed E-state index contributed by atoms with van der Waals surface area (Å²) < 4.78 is 0. The van der Waals surface area contributed by atoms with Gasteiger partial charge in [-0.3, -0.25) is 4.79 Å². The Kier molecular flexibility index (Phi) is 16.2. The second kappa shape index (κ2) is 16.2. The fraction of sp³-hybridized carbons (Fsp3) is 0.333. The predicted molar refractivity (Wildman–Crippen MR) is 100 cm³/mol. The molecule has 0 unspecified atom stereocenters. The van der Waals surface area contributed by atoms with E-state index in [1.165, 1.54) is 11.1 Å². The molecule has 2 nitrogen and oxygen atoms in total. The SMILES string of the molecule is CC.CC.Cc1ccc(C=O)cc1.Cc1ccc(CC=O)cc1. The number of hydrogen-bond donors (Lipinski definition) is 0. The number of carbonyl (C=O) groups excluding carboxylic acids is 2. The number of hydrogen-bond acceptors (Lipinski definition) is 2. The Morgan fingerprint density at radius 2 is 1.09 bits per heavy atom. The normalized spacial score (nSPS) is 8.09. The van der Waals surface area contributed by atoms with Gasteiger partial charge in [0.05, 0.1) is 0 Å². The number of carbonyl (C=O) groups is 2. The highest BCUT2D eigenvalue weighted by atomic mass is 16.1. The van der Waals surface area contributed by atoms with Crippen LogP contribution in [0, 0.1) is 13.8 Å². The lowest BCUT2D eigenvalue weighted by atomic mass is 10.1. The van der Waals surface area contributed by atoms with Gasteiger partial charge in [-0.25, -0.2) is 0 Å². The lowest BCUT2D eigenvalue weighted by Gasteiger charge is -1.93. The number of aryl methyl sites for hydroxylation is 2. The van der Waals surface area contributed by atoms with E-state index in [0.717, 1.165) is 23.7 Å². The second-order valence-electron chi connectivity index (χ2n) is 4.38. The van der Waals surface area contributed by atoms with E-state index in [-0.39, 0.29) is 0 Å². The van der Waals surface area contributed by atoms with Gasteiger partial charge >= 0.3 is 0 Å². The average molecular weight is 314 g/mol. The van der Waals surface area contributed by atoms with Crippen molar-refractivity contribution in [3.05, 3.63) is 70.8 Å². The Morgan fingerprint density at radius 3 is 1.43 bits per heavy atom. The van der Waals surface area contributed by atoms with Gasteiger partial charge < -0.3 is 4.79 Å². The molecule has 23 heavy (non-hydrogen) atoms. The average Bonchev–Trinajstić information content (AvgIpc) is 2.62. The van der Waals surface area contributed by atoms with Gasteiger partial charge in [0.25, 0.3) is 0 Å². The molecule has 0 heterocycles. The van der Waals surface area contributed by atoms with Gasteiger partial charge in [-0.15, -0.1) is 0 Å². The van der Waals surface area contributed by atoms with Gasteiger partial charge in [-0.05, 0) is 19.4 Å². The maximum atomic E-state index is 10.1. The molecule has 0 radical (unpaired) electrons. The van der Waals surface area contributed by atoms with Gasteiger partial charge in [0.1, 0.15) is 12.6 Å². The molecule has 0 saturated heterocycles. The summed E-state index contributed by atoms with van der Waals surface area (Å²) in [6, 6.07) is 15.4. The molecule has 0 aliphatic heterocycles. The van der Waals surface area contributed by atoms with E-state index >= 15 is 0 Å². The van der Waals surface area contributed by atoms with Crippen molar-refractivity contribution in [3.8, 4) is 0 Å². The maximum Gasteiger partial charge on any atom is 0.150 e. The van der Waals surface area contributed by atoms with Crippen molar-refractivity contribution in [1.29, 1.82) is 0 Å². The summed E-state index contributed by atoms with van der Waals surface area (Å²) in [4.78, 5) is 20.2. The molecular weight excluding hydrogens is 284 g/mol. The quantitative estimate of drug-likeness (QED) is 0.691. The first kappa shape index (κ1) is 23.1. The van der Waals surface area contributed by atoms with Crippen LogP contribution in [0.1, 0.15) is 54.7 Å². The lowest BCUT2D eigenvalue weighted by Crippen LogP contribution is -1.84. The molecule has 0 N–H and O–H groups in total. The Bertz CT molecular complexity index is 511. The van der Waals surface area contributed by atoms with Crippen molar-refractivity contribution in [2.75, 3.05) is 0 Å². The minimum absolute atomic E-state index is 0.528. The maximum absolute atomic E-state index is 10.1. The van der Waals surface area contributed by atoms with Crippen LogP contribution in [0.4, 0.5) is 0 Å². The topological polar surface area (TPSA) is 34.1 Å². The molecule has 0 spiro atoms. The molecule has 2 aromatic carbocycles. The molecule has 0 amide bonds. The van der Waals surface area contributed by atoms with Crippen LogP contribution >= 0.6 is 0 Å². The van der Waals surface area contributed by atoms with Gasteiger partial charge in [0.2, 0.25) is 0 Å². The molecule has 2 aromatic rings. The third-order valence-corrected chi connectivity index (χ3v) is 2.65. The summed E-state index contributed by atoms with van der Waals surface area (Å²) in [6.45, 7) is 12.0. The molecule has 2 rings (SSSR count). The molecule has 2 heteroatoms. The first-order valence-electron chi connectivity index (χ1n) is 8.16. The molecular formula is C21H30O2. The molecule has 0 atom stereocenters. The Hall–Kier alpha value is -2.22. The fourth-order valence-electron chi connectivity index (χ4n) is 1.47. The highest BCUT2D eigenvalue weighted by Gasteiger charge is 1.88. The van der Waals surface area contributed by atoms with Crippen LogP contribution in [-0.4, -0.2) is 12.6 Å². The summed E-state index contributed by atoms with van der Waals surface area (Å²) in [5, 5.41) is 0. The van der Waals surface area contributed by atoms with Gasteiger partial charge in [0.15, 0.2) is 0 Å². The highest BCUT2D eigenvalue weighted by molar-refractivity contribution is 5.74. The van der Waals surface area contributed by atoms with E-state index in [4.69, 9.17) is 0 Å². The first-order chi connectivity index (χ1) is 11.2. The smallest absolute Gasteiger partial charge is 0.150 e. The van der Waals surface area contributed by atoms with Crippen molar-refractivity contribution in [1.82, 2.24) is 0 Å². The minimum atomic E-state index is 0.528. The Balaban J connectivity index is 0.